The maximum atomic E-state index is 9.24. The van der Waals surface area contributed by atoms with E-state index in [9.17, 15) is 5.26 Å². The average Bonchev–Trinajstić information content (AvgIpc) is 2.59. The molecule has 0 aliphatic rings. The molecule has 0 fully saturated rings. The Hall–Kier alpha value is -2.80. The Morgan fingerprint density at radius 2 is 1.82 bits per heavy atom. The Bertz CT molecular complexity index is 675. The quantitative estimate of drug-likeness (QED) is 0.768. The lowest BCUT2D eigenvalue weighted by atomic mass is 10.1. The Labute approximate surface area is 130 Å². The van der Waals surface area contributed by atoms with E-state index in [1.807, 2.05) is 48.5 Å². The van der Waals surface area contributed by atoms with Gasteiger partial charge in [0.2, 0.25) is 0 Å². The zero-order chi connectivity index (χ0) is 15.8. The summed E-state index contributed by atoms with van der Waals surface area (Å²) in [5.74, 6) is 1.31. The highest BCUT2D eigenvalue weighted by Crippen LogP contribution is 2.26. The molecule has 2 aromatic carbocycles. The van der Waals surface area contributed by atoms with Crippen molar-refractivity contribution >= 4 is 6.21 Å². The molecule has 0 amide bonds. The highest BCUT2D eigenvalue weighted by Gasteiger charge is 2.06. The van der Waals surface area contributed by atoms with Crippen LogP contribution in [0.15, 0.2) is 53.5 Å². The fourth-order valence-corrected chi connectivity index (χ4v) is 2.08. The van der Waals surface area contributed by atoms with Crippen molar-refractivity contribution in [3.05, 3.63) is 59.7 Å². The SMILES string of the molecule is COc1ccc(C=NC(C#N)Cc2ccccc2)cc1OC. The van der Waals surface area contributed by atoms with E-state index >= 15 is 0 Å². The predicted octanol–water partition coefficient (Wildman–Crippen LogP) is 3.26. The van der Waals surface area contributed by atoms with Gasteiger partial charge < -0.3 is 9.47 Å². The van der Waals surface area contributed by atoms with Crippen LogP contribution >= 0.6 is 0 Å². The lowest BCUT2D eigenvalue weighted by Crippen LogP contribution is -2.06. The maximum absolute atomic E-state index is 9.24. The van der Waals surface area contributed by atoms with Gasteiger partial charge in [0.1, 0.15) is 6.04 Å². The molecule has 1 atom stereocenters. The van der Waals surface area contributed by atoms with Crippen molar-refractivity contribution in [3.8, 4) is 17.6 Å². The lowest BCUT2D eigenvalue weighted by Gasteiger charge is -2.08. The maximum Gasteiger partial charge on any atom is 0.161 e. The number of hydrogen-bond donors (Lipinski definition) is 0. The van der Waals surface area contributed by atoms with E-state index in [1.54, 1.807) is 20.4 Å². The zero-order valence-corrected chi connectivity index (χ0v) is 12.7. The molecule has 4 heteroatoms. The molecular formula is C18H18N2O2. The van der Waals surface area contributed by atoms with Gasteiger partial charge in [0, 0.05) is 12.6 Å². The minimum atomic E-state index is -0.407. The second-order valence-corrected chi connectivity index (χ2v) is 4.73. The molecule has 0 spiro atoms. The van der Waals surface area contributed by atoms with E-state index in [1.165, 1.54) is 0 Å². The van der Waals surface area contributed by atoms with Crippen molar-refractivity contribution in [2.75, 3.05) is 14.2 Å². The van der Waals surface area contributed by atoms with Crippen LogP contribution in [-0.2, 0) is 6.42 Å². The Morgan fingerprint density at radius 1 is 1.09 bits per heavy atom. The summed E-state index contributed by atoms with van der Waals surface area (Å²) in [6.07, 6.45) is 2.29. The van der Waals surface area contributed by atoms with Crippen LogP contribution in [0.1, 0.15) is 11.1 Å². The van der Waals surface area contributed by atoms with Gasteiger partial charge in [-0.05, 0) is 29.3 Å². The van der Waals surface area contributed by atoms with Crippen LogP contribution in [0.4, 0.5) is 0 Å². The van der Waals surface area contributed by atoms with Crippen LogP contribution in [0.2, 0.25) is 0 Å². The summed E-state index contributed by atoms with van der Waals surface area (Å²) in [6.45, 7) is 0. The highest BCUT2D eigenvalue weighted by molar-refractivity contribution is 5.81. The number of aliphatic imine (C=N–C) groups is 1. The fraction of sp³-hybridized carbons (Fsp3) is 0.222. The van der Waals surface area contributed by atoms with Gasteiger partial charge in [-0.25, -0.2) is 0 Å². The number of benzene rings is 2. The Morgan fingerprint density at radius 3 is 2.45 bits per heavy atom. The number of nitrogens with zero attached hydrogens (tertiary/aromatic N) is 2. The first-order valence-corrected chi connectivity index (χ1v) is 6.95. The number of ether oxygens (including phenoxy) is 2. The minimum absolute atomic E-state index is 0.407. The largest absolute Gasteiger partial charge is 0.493 e. The fourth-order valence-electron chi connectivity index (χ4n) is 2.08. The molecule has 4 nitrogen and oxygen atoms in total. The molecule has 0 aliphatic heterocycles. The van der Waals surface area contributed by atoms with Crippen LogP contribution in [-0.4, -0.2) is 26.5 Å². The summed E-state index contributed by atoms with van der Waals surface area (Å²) in [4.78, 5) is 4.36. The molecule has 112 valence electrons. The van der Waals surface area contributed by atoms with E-state index in [-0.39, 0.29) is 0 Å². The van der Waals surface area contributed by atoms with Gasteiger partial charge in [0.05, 0.1) is 20.3 Å². The van der Waals surface area contributed by atoms with Crippen molar-refractivity contribution in [3.63, 3.8) is 0 Å². The van der Waals surface area contributed by atoms with Crippen LogP contribution in [0.5, 0.6) is 11.5 Å². The molecule has 22 heavy (non-hydrogen) atoms. The number of hydrogen-bond acceptors (Lipinski definition) is 4. The van der Waals surface area contributed by atoms with E-state index in [4.69, 9.17) is 9.47 Å². The second-order valence-electron chi connectivity index (χ2n) is 4.73. The molecule has 0 bridgehead atoms. The summed E-state index contributed by atoms with van der Waals surface area (Å²) >= 11 is 0. The first-order chi connectivity index (χ1) is 10.8. The van der Waals surface area contributed by atoms with Gasteiger partial charge in [0.25, 0.3) is 0 Å². The van der Waals surface area contributed by atoms with Crippen molar-refractivity contribution in [1.82, 2.24) is 0 Å². The molecular weight excluding hydrogens is 276 g/mol. The Balaban J connectivity index is 2.11. The smallest absolute Gasteiger partial charge is 0.161 e. The van der Waals surface area contributed by atoms with E-state index in [0.29, 0.717) is 17.9 Å². The monoisotopic (exact) mass is 294 g/mol. The minimum Gasteiger partial charge on any atom is -0.493 e. The van der Waals surface area contributed by atoms with Gasteiger partial charge in [-0.3, -0.25) is 4.99 Å². The van der Waals surface area contributed by atoms with Crippen LogP contribution in [0, 0.1) is 11.3 Å². The number of rotatable bonds is 6. The highest BCUT2D eigenvalue weighted by atomic mass is 16.5. The molecule has 0 heterocycles. The first kappa shape index (κ1) is 15.6. The predicted molar refractivity (Wildman–Crippen MR) is 86.7 cm³/mol. The van der Waals surface area contributed by atoms with Crippen molar-refractivity contribution in [2.24, 2.45) is 4.99 Å². The lowest BCUT2D eigenvalue weighted by molar-refractivity contribution is 0.355. The molecule has 0 aromatic heterocycles. The summed E-state index contributed by atoms with van der Waals surface area (Å²) in [6, 6.07) is 17.2. The molecule has 1 unspecified atom stereocenters. The first-order valence-electron chi connectivity index (χ1n) is 6.95. The van der Waals surface area contributed by atoms with Gasteiger partial charge in [-0.15, -0.1) is 0 Å². The molecule has 2 aromatic rings. The summed E-state index contributed by atoms with van der Waals surface area (Å²) in [5.41, 5.74) is 1.96. The molecule has 0 N–H and O–H groups in total. The van der Waals surface area contributed by atoms with Crippen LogP contribution < -0.4 is 9.47 Å². The van der Waals surface area contributed by atoms with Crippen LogP contribution in [0.25, 0.3) is 0 Å². The third-order valence-corrected chi connectivity index (χ3v) is 3.23. The van der Waals surface area contributed by atoms with Crippen molar-refractivity contribution in [2.45, 2.75) is 12.5 Å². The van der Waals surface area contributed by atoms with Crippen molar-refractivity contribution in [1.29, 1.82) is 5.26 Å². The standard InChI is InChI=1S/C18H18N2O2/c1-21-17-9-8-15(11-18(17)22-2)13-20-16(12-19)10-14-6-4-3-5-7-14/h3-9,11,13,16H,10H2,1-2H3. The summed E-state index contributed by atoms with van der Waals surface area (Å²) in [5, 5.41) is 9.24. The summed E-state index contributed by atoms with van der Waals surface area (Å²) in [7, 11) is 3.18. The number of methoxy groups -OCH3 is 2. The van der Waals surface area contributed by atoms with Gasteiger partial charge >= 0.3 is 0 Å². The molecule has 0 saturated heterocycles. The number of nitriles is 1. The molecule has 0 radical (unpaired) electrons. The normalized spacial score (nSPS) is 11.9. The van der Waals surface area contributed by atoms with E-state index in [2.05, 4.69) is 11.1 Å². The van der Waals surface area contributed by atoms with E-state index in [0.717, 1.165) is 11.1 Å². The zero-order valence-electron chi connectivity index (χ0n) is 12.7. The molecule has 2 rings (SSSR count). The Kier molecular flexibility index (Phi) is 5.56. The van der Waals surface area contributed by atoms with Crippen LogP contribution in [0.3, 0.4) is 0 Å². The van der Waals surface area contributed by atoms with E-state index < -0.39 is 6.04 Å². The second kappa shape index (κ2) is 7.84. The van der Waals surface area contributed by atoms with Gasteiger partial charge in [0.15, 0.2) is 11.5 Å². The third-order valence-electron chi connectivity index (χ3n) is 3.23. The summed E-state index contributed by atoms with van der Waals surface area (Å²) < 4.78 is 10.4. The van der Waals surface area contributed by atoms with Crippen molar-refractivity contribution < 1.29 is 9.47 Å². The molecule has 0 saturated carbocycles. The van der Waals surface area contributed by atoms with Gasteiger partial charge in [-0.2, -0.15) is 5.26 Å². The van der Waals surface area contributed by atoms with Gasteiger partial charge in [-0.1, -0.05) is 30.3 Å². The average molecular weight is 294 g/mol. The third kappa shape index (κ3) is 4.10. The topological polar surface area (TPSA) is 54.6 Å². The molecule has 0 aliphatic carbocycles.